The number of halogens is 5. The Bertz CT molecular complexity index is 1210. The zero-order valence-corrected chi connectivity index (χ0v) is 22.2. The number of oxime groups is 1. The summed E-state index contributed by atoms with van der Waals surface area (Å²) in [5.41, 5.74) is -6.39. The van der Waals surface area contributed by atoms with E-state index in [1.165, 1.54) is 32.9 Å². The van der Waals surface area contributed by atoms with Gasteiger partial charge in [-0.15, -0.1) is 0 Å². The van der Waals surface area contributed by atoms with Gasteiger partial charge in [0, 0.05) is 15.6 Å². The SMILES string of the molecule is CC/C(=N\OCc1ccc(Cl)cc1)c1cc(Cl)ccc1N(COC(=O)C(C)(C)C)S(=O)(=O)C(F)(F)F. The minimum absolute atomic E-state index is 0.0182. The molecule has 2 aromatic carbocycles. The Kier molecular flexibility index (Phi) is 9.66. The number of esters is 1. The molecular weight excluding hydrogens is 544 g/mol. The smallest absolute Gasteiger partial charge is 0.443 e. The molecule has 7 nitrogen and oxygen atoms in total. The minimum atomic E-state index is -5.97. The normalized spacial score (nSPS) is 12.9. The van der Waals surface area contributed by atoms with Gasteiger partial charge in [-0.1, -0.05) is 47.4 Å². The molecule has 0 amide bonds. The van der Waals surface area contributed by atoms with E-state index in [1.807, 2.05) is 0 Å². The van der Waals surface area contributed by atoms with Crippen LogP contribution in [0.3, 0.4) is 0 Å². The van der Waals surface area contributed by atoms with Gasteiger partial charge in [0.15, 0.2) is 6.73 Å². The third kappa shape index (κ3) is 7.50. The van der Waals surface area contributed by atoms with E-state index in [2.05, 4.69) is 5.16 Å². The first-order valence-corrected chi connectivity index (χ1v) is 12.8. The predicted molar refractivity (Wildman–Crippen MR) is 132 cm³/mol. The van der Waals surface area contributed by atoms with Crippen LogP contribution < -0.4 is 4.31 Å². The number of hydrogen-bond donors (Lipinski definition) is 0. The molecule has 0 aliphatic heterocycles. The van der Waals surface area contributed by atoms with Gasteiger partial charge in [0.2, 0.25) is 0 Å². The van der Waals surface area contributed by atoms with E-state index in [0.717, 1.165) is 11.6 Å². The minimum Gasteiger partial charge on any atom is -0.443 e. The van der Waals surface area contributed by atoms with Gasteiger partial charge in [0.25, 0.3) is 0 Å². The van der Waals surface area contributed by atoms with Gasteiger partial charge in [-0.05, 0) is 63.1 Å². The molecule has 2 rings (SSSR count). The maximum absolute atomic E-state index is 13.6. The van der Waals surface area contributed by atoms with Crippen molar-refractivity contribution in [1.29, 1.82) is 0 Å². The molecule has 0 aromatic heterocycles. The topological polar surface area (TPSA) is 85.3 Å². The van der Waals surface area contributed by atoms with Crippen LogP contribution in [-0.2, 0) is 31.0 Å². The molecule has 0 aliphatic carbocycles. The first kappa shape index (κ1) is 29.7. The molecular formula is C23H25Cl2F3N2O5S. The van der Waals surface area contributed by atoms with Crippen LogP contribution in [0.15, 0.2) is 47.6 Å². The lowest BCUT2D eigenvalue weighted by Gasteiger charge is -2.28. The molecule has 0 saturated heterocycles. The lowest BCUT2D eigenvalue weighted by molar-refractivity contribution is -0.152. The van der Waals surface area contributed by atoms with E-state index in [1.54, 1.807) is 31.2 Å². The van der Waals surface area contributed by atoms with Crippen molar-refractivity contribution >= 4 is 50.6 Å². The van der Waals surface area contributed by atoms with Crippen LogP contribution in [0.2, 0.25) is 10.0 Å². The van der Waals surface area contributed by atoms with Gasteiger partial charge in [0.05, 0.1) is 16.8 Å². The van der Waals surface area contributed by atoms with Gasteiger partial charge in [-0.3, -0.25) is 4.79 Å². The number of nitrogens with zero attached hydrogens (tertiary/aromatic N) is 2. The van der Waals surface area contributed by atoms with Crippen LogP contribution in [0, 0.1) is 5.41 Å². The molecule has 0 saturated carbocycles. The molecule has 198 valence electrons. The molecule has 0 heterocycles. The highest BCUT2D eigenvalue weighted by atomic mass is 35.5. The quantitative estimate of drug-likeness (QED) is 0.149. The van der Waals surface area contributed by atoms with Crippen molar-refractivity contribution in [2.45, 2.75) is 46.2 Å². The second-order valence-electron chi connectivity index (χ2n) is 8.56. The van der Waals surface area contributed by atoms with Crippen molar-refractivity contribution in [3.05, 3.63) is 63.6 Å². The zero-order chi connectivity index (χ0) is 27.3. The number of rotatable bonds is 9. The summed E-state index contributed by atoms with van der Waals surface area (Å²) in [5.74, 6) is -0.893. The molecule has 2 aromatic rings. The number of carbonyl (C=O) groups excluding carboxylic acids is 1. The highest BCUT2D eigenvalue weighted by molar-refractivity contribution is 7.93. The highest BCUT2D eigenvalue weighted by Gasteiger charge is 2.51. The van der Waals surface area contributed by atoms with Crippen molar-refractivity contribution in [2.24, 2.45) is 10.6 Å². The Labute approximate surface area is 217 Å². The van der Waals surface area contributed by atoms with Crippen LogP contribution in [0.1, 0.15) is 45.2 Å². The Morgan fingerprint density at radius 1 is 1.03 bits per heavy atom. The fraction of sp³-hybridized carbons (Fsp3) is 0.391. The molecule has 0 unspecified atom stereocenters. The number of sulfonamides is 1. The van der Waals surface area contributed by atoms with E-state index in [9.17, 15) is 26.4 Å². The molecule has 0 atom stereocenters. The Morgan fingerprint density at radius 2 is 1.61 bits per heavy atom. The number of carbonyl (C=O) groups is 1. The van der Waals surface area contributed by atoms with Gasteiger partial charge in [-0.2, -0.15) is 21.6 Å². The highest BCUT2D eigenvalue weighted by Crippen LogP contribution is 2.35. The fourth-order valence-corrected chi connectivity index (χ4v) is 3.91. The van der Waals surface area contributed by atoms with Crippen molar-refractivity contribution < 1.29 is 36.0 Å². The first-order chi connectivity index (χ1) is 16.6. The molecule has 0 spiro atoms. The van der Waals surface area contributed by atoms with Crippen LogP contribution in [0.25, 0.3) is 0 Å². The van der Waals surface area contributed by atoms with Crippen LogP contribution in [0.4, 0.5) is 18.9 Å². The maximum atomic E-state index is 13.6. The number of benzene rings is 2. The van der Waals surface area contributed by atoms with E-state index < -0.39 is 39.3 Å². The number of alkyl halides is 3. The van der Waals surface area contributed by atoms with Crippen LogP contribution in [0.5, 0.6) is 0 Å². The predicted octanol–water partition coefficient (Wildman–Crippen LogP) is 6.53. The molecule has 0 N–H and O–H groups in total. The van der Waals surface area contributed by atoms with Crippen LogP contribution in [-0.4, -0.2) is 32.3 Å². The van der Waals surface area contributed by atoms with E-state index in [-0.39, 0.29) is 33.6 Å². The third-order valence-corrected chi connectivity index (χ3v) is 6.65. The van der Waals surface area contributed by atoms with Crippen molar-refractivity contribution in [3.8, 4) is 0 Å². The molecule has 0 bridgehead atoms. The van der Waals surface area contributed by atoms with Gasteiger partial charge < -0.3 is 9.57 Å². The van der Waals surface area contributed by atoms with Crippen molar-refractivity contribution in [2.75, 3.05) is 11.0 Å². The monoisotopic (exact) mass is 568 g/mol. The average Bonchev–Trinajstić information content (AvgIpc) is 2.77. The summed E-state index contributed by atoms with van der Waals surface area (Å²) in [6.45, 7) is 4.89. The van der Waals surface area contributed by atoms with Crippen LogP contribution >= 0.6 is 23.2 Å². The maximum Gasteiger partial charge on any atom is 0.516 e. The van der Waals surface area contributed by atoms with Crippen molar-refractivity contribution in [1.82, 2.24) is 0 Å². The fourth-order valence-electron chi connectivity index (χ4n) is 2.75. The molecule has 36 heavy (non-hydrogen) atoms. The second kappa shape index (κ2) is 11.7. The molecule has 0 aliphatic rings. The van der Waals surface area contributed by atoms with Gasteiger partial charge in [0.1, 0.15) is 6.61 Å². The Balaban J connectivity index is 2.52. The van der Waals surface area contributed by atoms with E-state index in [0.29, 0.717) is 5.02 Å². The summed E-state index contributed by atoms with van der Waals surface area (Å²) in [6, 6.07) is 10.3. The summed E-state index contributed by atoms with van der Waals surface area (Å²) in [5, 5.41) is 4.65. The molecule has 0 fully saturated rings. The second-order valence-corrected chi connectivity index (χ2v) is 11.3. The lowest BCUT2D eigenvalue weighted by atomic mass is 9.98. The Hall–Kier alpha value is -2.50. The summed E-state index contributed by atoms with van der Waals surface area (Å²) < 4.78 is 70.6. The average molecular weight is 569 g/mol. The molecule has 13 heteroatoms. The molecule has 0 radical (unpaired) electrons. The van der Waals surface area contributed by atoms with Gasteiger partial charge >= 0.3 is 21.5 Å². The van der Waals surface area contributed by atoms with E-state index >= 15 is 0 Å². The number of hydrogen-bond acceptors (Lipinski definition) is 6. The lowest BCUT2D eigenvalue weighted by Crippen LogP contribution is -2.44. The first-order valence-electron chi connectivity index (χ1n) is 10.6. The largest absolute Gasteiger partial charge is 0.516 e. The summed E-state index contributed by atoms with van der Waals surface area (Å²) >= 11 is 11.9. The number of ether oxygens (including phenoxy) is 1. The summed E-state index contributed by atoms with van der Waals surface area (Å²) in [6.07, 6.45) is 0.148. The van der Waals surface area contributed by atoms with Crippen molar-refractivity contribution in [3.63, 3.8) is 0 Å². The standard InChI is InChI=1S/C23H25Cl2F3N2O5S/c1-5-19(29-35-13-15-6-8-16(24)9-7-15)18-12-17(25)10-11-20(18)30(36(32,33)23(26,27)28)14-34-21(31)22(2,3)4/h6-12H,5,13-14H2,1-4H3/b29-19+. The summed E-state index contributed by atoms with van der Waals surface area (Å²) in [4.78, 5) is 17.6. The number of anilines is 1. The summed E-state index contributed by atoms with van der Waals surface area (Å²) in [7, 11) is -5.97. The third-order valence-electron chi connectivity index (χ3n) is 4.70. The van der Waals surface area contributed by atoms with E-state index in [4.69, 9.17) is 32.8 Å². The Morgan fingerprint density at radius 3 is 2.14 bits per heavy atom. The zero-order valence-electron chi connectivity index (χ0n) is 19.9. The van der Waals surface area contributed by atoms with Gasteiger partial charge in [-0.25, -0.2) is 4.31 Å².